The fourth-order valence-electron chi connectivity index (χ4n) is 2.01. The number of carbonyl (C=O) groups excluding carboxylic acids is 1. The van der Waals surface area contributed by atoms with Crippen LogP contribution in [0.25, 0.3) is 0 Å². The topological polar surface area (TPSA) is 55.1 Å². The van der Waals surface area contributed by atoms with Crippen LogP contribution in [0.15, 0.2) is 30.3 Å². The number of amides is 1. The lowest BCUT2D eigenvalue weighted by atomic mass is 10.1. The molecule has 1 saturated carbocycles. The molecule has 0 bridgehead atoms. The summed E-state index contributed by atoms with van der Waals surface area (Å²) in [6, 6.07) is 9.71. The average Bonchev–Trinajstić information content (AvgIpc) is 3.14. The van der Waals surface area contributed by atoms with Crippen LogP contribution in [0.4, 0.5) is 0 Å². The van der Waals surface area contributed by atoms with Crippen LogP contribution in [0.3, 0.4) is 0 Å². The molecule has 2 atom stereocenters. The fraction of sp³-hybridized carbons (Fsp3) is 0.500. The summed E-state index contributed by atoms with van der Waals surface area (Å²) in [4.78, 5) is 11.9. The van der Waals surface area contributed by atoms with Crippen molar-refractivity contribution < 1.29 is 4.79 Å². The molecule has 1 aliphatic rings. The number of rotatable bonds is 5. The molecular weight excluding hydrogens is 212 g/mol. The minimum atomic E-state index is -0.446. The highest BCUT2D eigenvalue weighted by molar-refractivity contribution is 5.82. The first kappa shape index (κ1) is 12.1. The van der Waals surface area contributed by atoms with Crippen LogP contribution in [-0.2, 0) is 11.2 Å². The molecule has 1 amide bonds. The van der Waals surface area contributed by atoms with E-state index in [0.717, 1.165) is 5.56 Å². The Hall–Kier alpha value is -1.35. The van der Waals surface area contributed by atoms with Gasteiger partial charge in [-0.25, -0.2) is 0 Å². The van der Waals surface area contributed by atoms with Crippen LogP contribution < -0.4 is 11.1 Å². The average molecular weight is 232 g/mol. The third-order valence-electron chi connectivity index (χ3n) is 3.33. The standard InChI is InChI=1S/C14H20N2O/c1-10(12-7-8-12)16-14(17)13(15)9-11-5-3-2-4-6-11/h2-6,10,12-13H,7-9,15H2,1H3,(H,16,17)/t10?,13-/m1/s1. The van der Waals surface area contributed by atoms with Crippen molar-refractivity contribution in [2.75, 3.05) is 0 Å². The molecule has 2 rings (SSSR count). The van der Waals surface area contributed by atoms with Crippen molar-refractivity contribution in [2.24, 2.45) is 11.7 Å². The van der Waals surface area contributed by atoms with Crippen LogP contribution in [0.2, 0.25) is 0 Å². The monoisotopic (exact) mass is 232 g/mol. The van der Waals surface area contributed by atoms with Gasteiger partial charge in [0.25, 0.3) is 0 Å². The van der Waals surface area contributed by atoms with Crippen molar-refractivity contribution in [1.82, 2.24) is 5.32 Å². The van der Waals surface area contributed by atoms with Gasteiger partial charge in [-0.2, -0.15) is 0 Å². The maximum absolute atomic E-state index is 11.9. The lowest BCUT2D eigenvalue weighted by Gasteiger charge is -2.17. The zero-order chi connectivity index (χ0) is 12.3. The van der Waals surface area contributed by atoms with Gasteiger partial charge in [0.05, 0.1) is 6.04 Å². The summed E-state index contributed by atoms with van der Waals surface area (Å²) < 4.78 is 0. The summed E-state index contributed by atoms with van der Waals surface area (Å²) in [5.74, 6) is 0.635. The Morgan fingerprint density at radius 2 is 2.06 bits per heavy atom. The summed E-state index contributed by atoms with van der Waals surface area (Å²) in [6.45, 7) is 2.06. The molecule has 92 valence electrons. The highest BCUT2D eigenvalue weighted by atomic mass is 16.2. The van der Waals surface area contributed by atoms with E-state index in [1.54, 1.807) is 0 Å². The van der Waals surface area contributed by atoms with E-state index in [4.69, 9.17) is 5.73 Å². The van der Waals surface area contributed by atoms with Gasteiger partial charge in [-0.1, -0.05) is 30.3 Å². The molecule has 0 spiro atoms. The van der Waals surface area contributed by atoms with E-state index in [-0.39, 0.29) is 11.9 Å². The van der Waals surface area contributed by atoms with Crippen LogP contribution in [0.5, 0.6) is 0 Å². The lowest BCUT2D eigenvalue weighted by Crippen LogP contribution is -2.46. The number of carbonyl (C=O) groups is 1. The normalized spacial score (nSPS) is 18.5. The van der Waals surface area contributed by atoms with Crippen LogP contribution in [0.1, 0.15) is 25.3 Å². The van der Waals surface area contributed by atoms with E-state index in [1.807, 2.05) is 30.3 Å². The third kappa shape index (κ3) is 3.56. The quantitative estimate of drug-likeness (QED) is 0.807. The van der Waals surface area contributed by atoms with Gasteiger partial charge in [-0.3, -0.25) is 4.79 Å². The molecule has 3 nitrogen and oxygen atoms in total. The number of hydrogen-bond acceptors (Lipinski definition) is 2. The highest BCUT2D eigenvalue weighted by Gasteiger charge is 2.29. The highest BCUT2D eigenvalue weighted by Crippen LogP contribution is 2.32. The van der Waals surface area contributed by atoms with Crippen molar-refractivity contribution in [3.63, 3.8) is 0 Å². The largest absolute Gasteiger partial charge is 0.352 e. The summed E-state index contributed by atoms with van der Waals surface area (Å²) in [6.07, 6.45) is 3.06. The van der Waals surface area contributed by atoms with Crippen molar-refractivity contribution in [3.05, 3.63) is 35.9 Å². The molecule has 17 heavy (non-hydrogen) atoms. The molecule has 0 aromatic heterocycles. The van der Waals surface area contributed by atoms with Crippen molar-refractivity contribution in [3.8, 4) is 0 Å². The molecule has 1 aromatic carbocycles. The first-order chi connectivity index (χ1) is 8.16. The van der Waals surface area contributed by atoms with Crippen molar-refractivity contribution in [2.45, 2.75) is 38.3 Å². The van der Waals surface area contributed by atoms with Gasteiger partial charge in [0.1, 0.15) is 0 Å². The third-order valence-corrected chi connectivity index (χ3v) is 3.33. The zero-order valence-electron chi connectivity index (χ0n) is 10.2. The molecule has 0 saturated heterocycles. The minimum Gasteiger partial charge on any atom is -0.352 e. The summed E-state index contributed by atoms with van der Waals surface area (Å²) in [5, 5.41) is 3.00. The minimum absolute atomic E-state index is 0.0340. The first-order valence-corrected chi connectivity index (χ1v) is 6.26. The van der Waals surface area contributed by atoms with E-state index in [0.29, 0.717) is 12.3 Å². The molecule has 3 heteroatoms. The predicted octanol–water partition coefficient (Wildman–Crippen LogP) is 1.47. The van der Waals surface area contributed by atoms with Crippen molar-refractivity contribution >= 4 is 5.91 Å². The van der Waals surface area contributed by atoms with E-state index in [1.165, 1.54) is 12.8 Å². The summed E-state index contributed by atoms with van der Waals surface area (Å²) in [5.41, 5.74) is 7.01. The molecule has 1 fully saturated rings. The van der Waals surface area contributed by atoms with Crippen molar-refractivity contribution in [1.29, 1.82) is 0 Å². The summed E-state index contributed by atoms with van der Waals surface area (Å²) in [7, 11) is 0. The van der Waals surface area contributed by atoms with E-state index >= 15 is 0 Å². The molecule has 3 N–H and O–H groups in total. The Morgan fingerprint density at radius 1 is 1.41 bits per heavy atom. The lowest BCUT2D eigenvalue weighted by molar-refractivity contribution is -0.123. The van der Waals surface area contributed by atoms with Gasteiger partial charge in [0, 0.05) is 6.04 Å². The summed E-state index contributed by atoms with van der Waals surface area (Å²) >= 11 is 0. The maximum Gasteiger partial charge on any atom is 0.237 e. The van der Waals surface area contributed by atoms with Gasteiger partial charge in [0.15, 0.2) is 0 Å². The van der Waals surface area contributed by atoms with Gasteiger partial charge in [-0.05, 0) is 37.7 Å². The Kier molecular flexibility index (Phi) is 3.79. The van der Waals surface area contributed by atoms with E-state index < -0.39 is 6.04 Å². The second kappa shape index (κ2) is 5.32. The zero-order valence-corrected chi connectivity index (χ0v) is 10.2. The number of benzene rings is 1. The van der Waals surface area contributed by atoms with Gasteiger partial charge >= 0.3 is 0 Å². The molecular formula is C14H20N2O. The second-order valence-corrected chi connectivity index (χ2v) is 4.93. The Labute approximate surface area is 102 Å². The smallest absolute Gasteiger partial charge is 0.237 e. The molecule has 1 aromatic rings. The SMILES string of the molecule is CC(NC(=O)[C@H](N)Cc1ccccc1)C1CC1. The number of nitrogens with two attached hydrogens (primary N) is 1. The number of nitrogens with one attached hydrogen (secondary N) is 1. The predicted molar refractivity (Wildman–Crippen MR) is 68.5 cm³/mol. The molecule has 1 aliphatic carbocycles. The molecule has 0 radical (unpaired) electrons. The van der Waals surface area contributed by atoms with E-state index in [2.05, 4.69) is 12.2 Å². The number of hydrogen-bond donors (Lipinski definition) is 2. The van der Waals surface area contributed by atoms with Gasteiger partial charge in [0.2, 0.25) is 5.91 Å². The Balaban J connectivity index is 1.82. The maximum atomic E-state index is 11.9. The van der Waals surface area contributed by atoms with Crippen LogP contribution in [-0.4, -0.2) is 18.0 Å². The molecule has 1 unspecified atom stereocenters. The van der Waals surface area contributed by atoms with Crippen LogP contribution in [0, 0.1) is 5.92 Å². The Morgan fingerprint density at radius 3 is 2.65 bits per heavy atom. The Bertz CT molecular complexity index is 373. The molecule has 0 heterocycles. The first-order valence-electron chi connectivity index (χ1n) is 6.26. The van der Waals surface area contributed by atoms with Gasteiger partial charge in [-0.15, -0.1) is 0 Å². The van der Waals surface area contributed by atoms with E-state index in [9.17, 15) is 4.79 Å². The van der Waals surface area contributed by atoms with Crippen LogP contribution >= 0.6 is 0 Å². The van der Waals surface area contributed by atoms with Gasteiger partial charge < -0.3 is 11.1 Å². The fourth-order valence-corrected chi connectivity index (χ4v) is 2.01. The second-order valence-electron chi connectivity index (χ2n) is 4.93. The molecule has 0 aliphatic heterocycles.